The van der Waals surface area contributed by atoms with Crippen LogP contribution in [0.5, 0.6) is 23.0 Å². The maximum atomic E-state index is 8.26. The van der Waals surface area contributed by atoms with Crippen LogP contribution in [0.25, 0.3) is 5.57 Å². The lowest BCUT2D eigenvalue weighted by Gasteiger charge is -2.45. The van der Waals surface area contributed by atoms with Crippen molar-refractivity contribution in [2.45, 2.75) is 221 Å². The van der Waals surface area contributed by atoms with Crippen LogP contribution >= 0.6 is 16.8 Å². The van der Waals surface area contributed by atoms with Crippen LogP contribution in [0.2, 0.25) is 0 Å². The first-order valence-electron chi connectivity index (χ1n) is 27.1. The summed E-state index contributed by atoms with van der Waals surface area (Å²) >= 11 is 0. The molecule has 0 aliphatic heterocycles. The summed E-state index contributed by atoms with van der Waals surface area (Å²) in [6.07, 6.45) is 7.38. The van der Waals surface area contributed by atoms with E-state index in [0.29, 0.717) is 6.42 Å². The second-order valence-corrected chi connectivity index (χ2v) is 32.8. The van der Waals surface area contributed by atoms with Gasteiger partial charge in [0.1, 0.15) is 23.0 Å². The van der Waals surface area contributed by atoms with Gasteiger partial charge in [-0.05, 0) is 54.5 Å². The topological polar surface area (TPSA) is 36.9 Å². The smallest absolute Gasteiger partial charge is 0.313 e. The van der Waals surface area contributed by atoms with E-state index in [1.807, 2.05) is 0 Å². The van der Waals surface area contributed by atoms with Gasteiger partial charge in [0.2, 0.25) is 0 Å². The van der Waals surface area contributed by atoms with Crippen LogP contribution < -0.4 is 18.1 Å². The molecule has 1 aliphatic rings. The molecule has 0 atom stereocenters. The van der Waals surface area contributed by atoms with Gasteiger partial charge in [0, 0.05) is 50.9 Å². The zero-order valence-electron chi connectivity index (χ0n) is 50.3. The highest BCUT2D eigenvalue weighted by atomic mass is 31.2. The normalized spacial score (nSPS) is 15.1. The molecule has 74 heavy (non-hydrogen) atoms. The predicted octanol–water partition coefficient (Wildman–Crippen LogP) is 21.0. The molecular formula is C68H94O4P2. The molecule has 1 aliphatic carbocycles. The van der Waals surface area contributed by atoms with Crippen LogP contribution in [-0.2, 0) is 43.3 Å². The Morgan fingerprint density at radius 2 is 0.541 bits per heavy atom. The van der Waals surface area contributed by atoms with Gasteiger partial charge in [-0.2, -0.15) is 0 Å². The first-order valence-corrected chi connectivity index (χ1v) is 29.4. The third-order valence-corrected chi connectivity index (χ3v) is 18.4. The molecule has 0 aromatic heterocycles. The molecule has 5 aromatic rings. The molecular weight excluding hydrogens is 943 g/mol. The Hall–Kier alpha value is -4.36. The second-order valence-electron chi connectivity index (χ2n) is 29.1. The highest BCUT2D eigenvalue weighted by Gasteiger charge is 2.58. The zero-order valence-corrected chi connectivity index (χ0v) is 52.1. The minimum absolute atomic E-state index is 0.277. The van der Waals surface area contributed by atoms with Crippen molar-refractivity contribution in [3.8, 4) is 23.0 Å². The molecule has 0 heterocycles. The monoisotopic (exact) mass is 1040 g/mol. The summed E-state index contributed by atoms with van der Waals surface area (Å²) in [5.41, 5.74) is 9.10. The lowest BCUT2D eigenvalue weighted by molar-refractivity contribution is 0.404. The van der Waals surface area contributed by atoms with Crippen LogP contribution in [0.3, 0.4) is 0 Å². The first kappa shape index (κ1) is 58.9. The Morgan fingerprint density at radius 1 is 0.311 bits per heavy atom. The van der Waals surface area contributed by atoms with E-state index in [0.717, 1.165) is 78.6 Å². The van der Waals surface area contributed by atoms with Crippen LogP contribution in [0.1, 0.15) is 223 Å². The van der Waals surface area contributed by atoms with Crippen molar-refractivity contribution in [1.29, 1.82) is 0 Å². The van der Waals surface area contributed by atoms with Gasteiger partial charge in [0.15, 0.2) is 4.90 Å². The second kappa shape index (κ2) is 20.9. The highest BCUT2D eigenvalue weighted by Crippen LogP contribution is 2.74. The molecule has 400 valence electrons. The quantitative estimate of drug-likeness (QED) is 0.124. The SMILES string of the molecule is CC(C)(C)c1cccc(C(C)(C)C)c1OP(Oc1c(C(C)(C)C)cccc1C(C)(C)C)C1(P(Oc2c(C(C)(C)C)cccc2C(C)(C)C)Oc2c(C(C)(C)C)cccc2C(C)(C)C)C=CC=C(c2ccccc2)C1. The molecule has 0 N–H and O–H groups in total. The van der Waals surface area contributed by atoms with Gasteiger partial charge in [-0.1, -0.05) is 288 Å². The van der Waals surface area contributed by atoms with Gasteiger partial charge < -0.3 is 18.1 Å². The van der Waals surface area contributed by atoms with E-state index in [4.69, 9.17) is 18.1 Å². The van der Waals surface area contributed by atoms with E-state index >= 15 is 0 Å². The number of hydrogen-bond donors (Lipinski definition) is 0. The molecule has 0 unspecified atom stereocenters. The van der Waals surface area contributed by atoms with E-state index in [-0.39, 0.29) is 43.3 Å². The molecule has 0 fully saturated rings. The molecule has 0 amide bonds. The van der Waals surface area contributed by atoms with Gasteiger partial charge in [-0.25, -0.2) is 0 Å². The third kappa shape index (κ3) is 13.1. The number of allylic oxidation sites excluding steroid dienone is 4. The standard InChI is InChI=1S/C68H94O4P2/c1-60(2,3)48-36-28-37-49(61(4,5)6)56(48)69-73(70-57-50(62(7,8)9)38-29-39-51(57)63(10,11)12)68(44-32-35-47(45-68)46-33-26-25-27-34-46)74(71-58-52(64(13,14)15)40-30-41-53(58)65(16,17)18)72-59-54(66(19,20)21)42-31-43-55(59)67(22,23)24/h25-44H,45H2,1-24H3. The van der Waals surface area contributed by atoms with E-state index in [1.54, 1.807) is 0 Å². The molecule has 0 saturated carbocycles. The molecule has 6 heteroatoms. The lowest BCUT2D eigenvalue weighted by atomic mass is 9.79. The fraction of sp³-hybridized carbons (Fsp3) is 0.500. The molecule has 0 saturated heterocycles. The summed E-state index contributed by atoms with van der Waals surface area (Å²) in [4.78, 5) is -1.06. The fourth-order valence-corrected chi connectivity index (χ4v) is 14.0. The van der Waals surface area contributed by atoms with Crippen LogP contribution in [0.4, 0.5) is 0 Å². The number of benzene rings is 5. The maximum absolute atomic E-state index is 8.26. The number of para-hydroxylation sites is 4. The van der Waals surface area contributed by atoms with Gasteiger partial charge in [-0.3, -0.25) is 0 Å². The maximum Gasteiger partial charge on any atom is 0.313 e. The Labute approximate surface area is 453 Å². The predicted molar refractivity (Wildman–Crippen MR) is 323 cm³/mol. The molecule has 4 nitrogen and oxygen atoms in total. The molecule has 5 aromatic carbocycles. The van der Waals surface area contributed by atoms with Gasteiger partial charge in [0.05, 0.1) is 0 Å². The van der Waals surface area contributed by atoms with Crippen LogP contribution in [-0.4, -0.2) is 4.90 Å². The summed E-state index contributed by atoms with van der Waals surface area (Å²) in [5, 5.41) is 0. The van der Waals surface area contributed by atoms with Crippen molar-refractivity contribution < 1.29 is 18.1 Å². The van der Waals surface area contributed by atoms with Crippen molar-refractivity contribution in [2.24, 2.45) is 0 Å². The summed E-state index contributed by atoms with van der Waals surface area (Å²) in [7, 11) is -4.24. The van der Waals surface area contributed by atoms with Gasteiger partial charge >= 0.3 is 16.8 Å². The number of hydrogen-bond acceptors (Lipinski definition) is 4. The summed E-state index contributed by atoms with van der Waals surface area (Å²) in [5.74, 6) is 3.44. The average molecular weight is 1040 g/mol. The lowest BCUT2D eigenvalue weighted by Crippen LogP contribution is -2.34. The molecule has 0 radical (unpaired) electrons. The first-order chi connectivity index (χ1) is 33.8. The molecule has 6 rings (SSSR count). The van der Waals surface area contributed by atoms with E-state index in [1.165, 1.54) is 0 Å². The number of rotatable bonds is 11. The minimum atomic E-state index is -2.12. The zero-order chi connectivity index (χ0) is 55.4. The largest absolute Gasteiger partial charge is 0.437 e. The van der Waals surface area contributed by atoms with Crippen molar-refractivity contribution in [3.63, 3.8) is 0 Å². The average Bonchev–Trinajstić information content (AvgIpc) is 3.26. The third-order valence-electron chi connectivity index (χ3n) is 14.1. The van der Waals surface area contributed by atoms with Gasteiger partial charge in [0.25, 0.3) is 0 Å². The Kier molecular flexibility index (Phi) is 16.6. The Balaban J connectivity index is 1.89. The van der Waals surface area contributed by atoms with Crippen molar-refractivity contribution in [2.75, 3.05) is 0 Å². The van der Waals surface area contributed by atoms with E-state index in [2.05, 4.69) is 288 Å². The van der Waals surface area contributed by atoms with E-state index < -0.39 is 21.6 Å². The fourth-order valence-electron chi connectivity index (χ4n) is 9.84. The van der Waals surface area contributed by atoms with Crippen molar-refractivity contribution in [3.05, 3.63) is 171 Å². The van der Waals surface area contributed by atoms with Crippen LogP contribution in [0, 0.1) is 0 Å². The summed E-state index contributed by atoms with van der Waals surface area (Å²) < 4.78 is 33.1. The van der Waals surface area contributed by atoms with Crippen molar-refractivity contribution in [1.82, 2.24) is 0 Å². The highest BCUT2D eigenvalue weighted by molar-refractivity contribution is 7.69. The van der Waals surface area contributed by atoms with Gasteiger partial charge in [-0.15, -0.1) is 0 Å². The van der Waals surface area contributed by atoms with Crippen molar-refractivity contribution >= 4 is 22.3 Å². The Morgan fingerprint density at radius 3 is 0.757 bits per heavy atom. The molecule has 0 bridgehead atoms. The Bertz CT molecular complexity index is 2380. The van der Waals surface area contributed by atoms with Crippen LogP contribution in [0.15, 0.2) is 121 Å². The minimum Gasteiger partial charge on any atom is -0.437 e. The van der Waals surface area contributed by atoms with E-state index in [9.17, 15) is 0 Å². The summed E-state index contributed by atoms with van der Waals surface area (Å²) in [6.45, 7) is 55.0. The molecule has 0 spiro atoms. The summed E-state index contributed by atoms with van der Waals surface area (Å²) in [6, 6.07) is 37.6.